The lowest BCUT2D eigenvalue weighted by atomic mass is 10.00. The van der Waals surface area contributed by atoms with Crippen molar-refractivity contribution in [1.82, 2.24) is 4.72 Å². The standard InChI is InChI=1S/C14H15NO3S2/c1-15-20(16,17)14-5-4-13(19-14)11-2-3-12-9-18-7-6-10(12)8-11/h2-5,8,15H,6-7,9H2,1H3. The zero-order chi connectivity index (χ0) is 14.2. The molecular formula is C14H15NO3S2. The third-order valence-electron chi connectivity index (χ3n) is 3.38. The predicted octanol–water partition coefficient (Wildman–Crippen LogP) is 2.40. The Kier molecular flexibility index (Phi) is 3.64. The van der Waals surface area contributed by atoms with Crippen LogP contribution in [0.4, 0.5) is 0 Å². The van der Waals surface area contributed by atoms with Crippen molar-refractivity contribution in [2.45, 2.75) is 17.2 Å². The molecule has 1 aliphatic rings. The summed E-state index contributed by atoms with van der Waals surface area (Å²) in [5.41, 5.74) is 3.58. The molecule has 4 nitrogen and oxygen atoms in total. The van der Waals surface area contributed by atoms with Crippen molar-refractivity contribution in [3.05, 3.63) is 41.5 Å². The van der Waals surface area contributed by atoms with E-state index in [-0.39, 0.29) is 0 Å². The summed E-state index contributed by atoms with van der Waals surface area (Å²) in [6, 6.07) is 9.73. The summed E-state index contributed by atoms with van der Waals surface area (Å²) >= 11 is 1.29. The Bertz CT molecular complexity index is 735. The van der Waals surface area contributed by atoms with E-state index in [4.69, 9.17) is 4.74 Å². The fourth-order valence-corrected chi connectivity index (χ4v) is 4.38. The molecule has 0 bridgehead atoms. The SMILES string of the molecule is CNS(=O)(=O)c1ccc(-c2ccc3c(c2)CCOC3)s1. The molecular weight excluding hydrogens is 294 g/mol. The van der Waals surface area contributed by atoms with Crippen molar-refractivity contribution in [3.63, 3.8) is 0 Å². The lowest BCUT2D eigenvalue weighted by molar-refractivity contribution is 0.111. The van der Waals surface area contributed by atoms with Crippen molar-refractivity contribution in [2.75, 3.05) is 13.7 Å². The molecule has 0 unspecified atom stereocenters. The van der Waals surface area contributed by atoms with E-state index >= 15 is 0 Å². The summed E-state index contributed by atoms with van der Waals surface area (Å²) in [5, 5.41) is 0. The fraction of sp³-hybridized carbons (Fsp3) is 0.286. The van der Waals surface area contributed by atoms with Gasteiger partial charge in [0.15, 0.2) is 0 Å². The van der Waals surface area contributed by atoms with Crippen molar-refractivity contribution < 1.29 is 13.2 Å². The van der Waals surface area contributed by atoms with Crippen LogP contribution >= 0.6 is 11.3 Å². The van der Waals surface area contributed by atoms with Gasteiger partial charge in [0.2, 0.25) is 10.0 Å². The average Bonchev–Trinajstić information content (AvgIpc) is 2.97. The smallest absolute Gasteiger partial charge is 0.249 e. The topological polar surface area (TPSA) is 55.4 Å². The van der Waals surface area contributed by atoms with Crippen LogP contribution in [0, 0.1) is 0 Å². The number of sulfonamides is 1. The van der Waals surface area contributed by atoms with E-state index in [1.807, 2.05) is 12.1 Å². The second kappa shape index (κ2) is 5.29. The quantitative estimate of drug-likeness (QED) is 0.947. The number of benzene rings is 1. The van der Waals surface area contributed by atoms with Crippen LogP contribution in [-0.4, -0.2) is 22.1 Å². The van der Waals surface area contributed by atoms with Crippen LogP contribution in [0.3, 0.4) is 0 Å². The Morgan fingerprint density at radius 3 is 2.85 bits per heavy atom. The highest BCUT2D eigenvalue weighted by atomic mass is 32.2. The van der Waals surface area contributed by atoms with Gasteiger partial charge in [-0.25, -0.2) is 13.1 Å². The van der Waals surface area contributed by atoms with Crippen molar-refractivity contribution in [2.24, 2.45) is 0 Å². The average molecular weight is 309 g/mol. The highest BCUT2D eigenvalue weighted by Crippen LogP contribution is 2.32. The second-order valence-corrected chi connectivity index (χ2v) is 7.81. The molecule has 20 heavy (non-hydrogen) atoms. The van der Waals surface area contributed by atoms with Crippen LogP contribution in [0.5, 0.6) is 0 Å². The molecule has 2 heterocycles. The van der Waals surface area contributed by atoms with Gasteiger partial charge in [0.25, 0.3) is 0 Å². The predicted molar refractivity (Wildman–Crippen MR) is 79.4 cm³/mol. The number of hydrogen-bond donors (Lipinski definition) is 1. The summed E-state index contributed by atoms with van der Waals surface area (Å²) in [7, 11) is -1.93. The van der Waals surface area contributed by atoms with Crippen molar-refractivity contribution >= 4 is 21.4 Å². The minimum Gasteiger partial charge on any atom is -0.376 e. The number of thiophene rings is 1. The minimum atomic E-state index is -3.35. The lowest BCUT2D eigenvalue weighted by Crippen LogP contribution is -2.17. The summed E-state index contributed by atoms with van der Waals surface area (Å²) in [6.07, 6.45) is 0.913. The van der Waals surface area contributed by atoms with Gasteiger partial charge in [0.1, 0.15) is 4.21 Å². The largest absolute Gasteiger partial charge is 0.376 e. The first-order valence-electron chi connectivity index (χ1n) is 6.33. The number of ether oxygens (including phenoxy) is 1. The molecule has 0 amide bonds. The summed E-state index contributed by atoms with van der Waals surface area (Å²) in [6.45, 7) is 1.42. The molecule has 0 fully saturated rings. The molecule has 0 atom stereocenters. The molecule has 0 saturated heterocycles. The number of nitrogens with one attached hydrogen (secondary N) is 1. The molecule has 1 N–H and O–H groups in total. The molecule has 1 aliphatic heterocycles. The number of fused-ring (bicyclic) bond motifs is 1. The highest BCUT2D eigenvalue weighted by Gasteiger charge is 2.16. The normalized spacial score (nSPS) is 15.1. The first kappa shape index (κ1) is 13.8. The maximum absolute atomic E-state index is 11.8. The molecule has 106 valence electrons. The zero-order valence-electron chi connectivity index (χ0n) is 11.0. The second-order valence-electron chi connectivity index (χ2n) is 4.61. The minimum absolute atomic E-state index is 0.344. The third-order valence-corrected chi connectivity index (χ3v) is 6.42. The molecule has 0 aliphatic carbocycles. The maximum atomic E-state index is 11.8. The van der Waals surface area contributed by atoms with Gasteiger partial charge in [0.05, 0.1) is 13.2 Å². The third kappa shape index (κ3) is 2.52. The summed E-state index contributed by atoms with van der Waals surface area (Å²) < 4.78 is 31.6. The molecule has 0 radical (unpaired) electrons. The Morgan fingerprint density at radius 2 is 2.05 bits per heavy atom. The molecule has 0 spiro atoms. The molecule has 3 rings (SSSR count). The van der Waals surface area contributed by atoms with Gasteiger partial charge in [-0.15, -0.1) is 11.3 Å². The van der Waals surface area contributed by atoms with Crippen LogP contribution in [0.2, 0.25) is 0 Å². The lowest BCUT2D eigenvalue weighted by Gasteiger charge is -2.16. The molecule has 1 aromatic carbocycles. The monoisotopic (exact) mass is 309 g/mol. The van der Waals surface area contributed by atoms with Crippen molar-refractivity contribution in [3.8, 4) is 10.4 Å². The molecule has 0 saturated carbocycles. The van der Waals surface area contributed by atoms with E-state index in [2.05, 4.69) is 16.9 Å². The van der Waals surface area contributed by atoms with Gasteiger partial charge in [-0.1, -0.05) is 12.1 Å². The zero-order valence-corrected chi connectivity index (χ0v) is 12.7. The van der Waals surface area contributed by atoms with Crippen LogP contribution in [0.1, 0.15) is 11.1 Å². The Hall–Kier alpha value is -1.21. The van der Waals surface area contributed by atoms with Crippen LogP contribution in [0.15, 0.2) is 34.5 Å². The molecule has 1 aromatic heterocycles. The Labute approximate surface area is 122 Å². The fourth-order valence-electron chi connectivity index (χ4n) is 2.24. The first-order valence-corrected chi connectivity index (χ1v) is 8.63. The Balaban J connectivity index is 1.98. The van der Waals surface area contributed by atoms with Gasteiger partial charge < -0.3 is 4.74 Å². The number of hydrogen-bond acceptors (Lipinski definition) is 4. The van der Waals surface area contributed by atoms with E-state index in [9.17, 15) is 8.42 Å². The van der Waals surface area contributed by atoms with Crippen LogP contribution < -0.4 is 4.72 Å². The molecule has 2 aromatic rings. The first-order chi connectivity index (χ1) is 9.60. The van der Waals surface area contributed by atoms with E-state index in [0.717, 1.165) is 23.5 Å². The van der Waals surface area contributed by atoms with Crippen LogP contribution in [-0.2, 0) is 27.8 Å². The van der Waals surface area contributed by atoms with Gasteiger partial charge in [-0.2, -0.15) is 0 Å². The highest BCUT2D eigenvalue weighted by molar-refractivity contribution is 7.91. The van der Waals surface area contributed by atoms with Gasteiger partial charge in [-0.05, 0) is 48.4 Å². The van der Waals surface area contributed by atoms with E-state index in [0.29, 0.717) is 10.8 Å². The van der Waals surface area contributed by atoms with Crippen LogP contribution in [0.25, 0.3) is 10.4 Å². The van der Waals surface area contributed by atoms with Gasteiger partial charge in [-0.3, -0.25) is 0 Å². The van der Waals surface area contributed by atoms with Gasteiger partial charge >= 0.3 is 0 Å². The van der Waals surface area contributed by atoms with E-state index < -0.39 is 10.0 Å². The van der Waals surface area contributed by atoms with Crippen molar-refractivity contribution in [1.29, 1.82) is 0 Å². The summed E-state index contributed by atoms with van der Waals surface area (Å²) in [4.78, 5) is 0.966. The number of rotatable bonds is 3. The summed E-state index contributed by atoms with van der Waals surface area (Å²) in [5.74, 6) is 0. The maximum Gasteiger partial charge on any atom is 0.249 e. The molecule has 6 heteroatoms. The van der Waals surface area contributed by atoms with E-state index in [1.54, 1.807) is 6.07 Å². The van der Waals surface area contributed by atoms with E-state index in [1.165, 1.54) is 29.5 Å². The van der Waals surface area contributed by atoms with Gasteiger partial charge in [0, 0.05) is 4.88 Å². The Morgan fingerprint density at radius 1 is 1.20 bits per heavy atom.